The van der Waals surface area contributed by atoms with Crippen molar-refractivity contribution in [2.75, 3.05) is 0 Å². The van der Waals surface area contributed by atoms with Gasteiger partial charge in [-0.2, -0.15) is 0 Å². The summed E-state index contributed by atoms with van der Waals surface area (Å²) >= 11 is 0. The molecule has 0 aliphatic rings. The summed E-state index contributed by atoms with van der Waals surface area (Å²) in [5.41, 5.74) is 3.17. The van der Waals surface area contributed by atoms with E-state index in [0.717, 1.165) is 36.0 Å². The normalized spacial score (nSPS) is 15.4. The summed E-state index contributed by atoms with van der Waals surface area (Å²) in [6.07, 6.45) is 10.4. The zero-order chi connectivity index (χ0) is 13.3. The first-order valence-electron chi connectivity index (χ1n) is 6.42. The Labute approximate surface area is 106 Å². The molecule has 0 unspecified atom stereocenters. The maximum absolute atomic E-state index is 13.7. The molecule has 0 amide bonds. The van der Waals surface area contributed by atoms with Gasteiger partial charge >= 0.3 is 0 Å². The highest BCUT2D eigenvalue weighted by Gasteiger charge is 1.98. The summed E-state index contributed by atoms with van der Waals surface area (Å²) in [5, 5.41) is 0. The molecule has 0 radical (unpaired) electrons. The number of hydrogen-bond donors (Lipinski definition) is 0. The molecule has 1 heteroatoms. The molecule has 0 N–H and O–H groups in total. The third kappa shape index (κ3) is 6.93. The lowest BCUT2D eigenvalue weighted by Gasteiger charge is -2.02. The number of hydrogen-bond acceptors (Lipinski definition) is 0. The van der Waals surface area contributed by atoms with E-state index in [9.17, 15) is 4.39 Å². The fourth-order valence-corrected chi connectivity index (χ4v) is 1.43. The molecule has 0 saturated heterocycles. The first-order valence-corrected chi connectivity index (χ1v) is 6.42. The molecule has 0 rings (SSSR count). The van der Waals surface area contributed by atoms with E-state index in [4.69, 9.17) is 0 Å². The molecule has 0 bridgehead atoms. The Morgan fingerprint density at radius 3 is 2.24 bits per heavy atom. The summed E-state index contributed by atoms with van der Waals surface area (Å²) in [7, 11) is 0. The van der Waals surface area contributed by atoms with Crippen LogP contribution in [0.1, 0.15) is 53.9 Å². The SMILES string of the molecule is C/C=C(\C=C(F)/C=C(\C)CC)C(/C)=C/CCC. The molecule has 0 atom stereocenters. The first kappa shape index (κ1) is 15.9. The van der Waals surface area contributed by atoms with E-state index in [2.05, 4.69) is 13.0 Å². The Bertz CT molecular complexity index is 341. The van der Waals surface area contributed by atoms with Crippen LogP contribution in [0.4, 0.5) is 4.39 Å². The number of unbranched alkanes of at least 4 members (excludes halogenated alkanes) is 1. The second kappa shape index (κ2) is 8.98. The van der Waals surface area contributed by atoms with Gasteiger partial charge in [-0.25, -0.2) is 4.39 Å². The summed E-state index contributed by atoms with van der Waals surface area (Å²) in [6.45, 7) is 10.1. The number of allylic oxidation sites excluding steroid dienone is 8. The van der Waals surface area contributed by atoms with E-state index in [-0.39, 0.29) is 5.83 Å². The molecule has 0 aliphatic heterocycles. The van der Waals surface area contributed by atoms with Crippen LogP contribution in [0.25, 0.3) is 0 Å². The van der Waals surface area contributed by atoms with E-state index in [1.807, 2.05) is 33.8 Å². The molecule has 17 heavy (non-hydrogen) atoms. The minimum absolute atomic E-state index is 0.165. The third-order valence-electron chi connectivity index (χ3n) is 2.74. The Morgan fingerprint density at radius 2 is 1.76 bits per heavy atom. The van der Waals surface area contributed by atoms with Crippen molar-refractivity contribution in [3.05, 3.63) is 46.9 Å². The van der Waals surface area contributed by atoms with Crippen LogP contribution in [0.5, 0.6) is 0 Å². The van der Waals surface area contributed by atoms with E-state index in [1.165, 1.54) is 0 Å². The second-order valence-corrected chi connectivity index (χ2v) is 4.29. The monoisotopic (exact) mass is 236 g/mol. The molecule has 0 aromatic carbocycles. The van der Waals surface area contributed by atoms with Crippen molar-refractivity contribution in [2.24, 2.45) is 0 Å². The summed E-state index contributed by atoms with van der Waals surface area (Å²) in [4.78, 5) is 0. The summed E-state index contributed by atoms with van der Waals surface area (Å²) in [5.74, 6) is -0.165. The van der Waals surface area contributed by atoms with Crippen LogP contribution >= 0.6 is 0 Å². The van der Waals surface area contributed by atoms with E-state index in [1.54, 1.807) is 12.2 Å². The van der Waals surface area contributed by atoms with Crippen molar-refractivity contribution in [3.8, 4) is 0 Å². The van der Waals surface area contributed by atoms with Gasteiger partial charge in [0.1, 0.15) is 5.83 Å². The molecular weight excluding hydrogens is 211 g/mol. The standard InChI is InChI=1S/C16H25F/c1-6-9-10-14(5)15(8-3)12-16(17)11-13(4)7-2/h8,10-12H,6-7,9H2,1-5H3/b13-11+,14-10+,15-8+,16-12+. The van der Waals surface area contributed by atoms with E-state index >= 15 is 0 Å². The predicted octanol–water partition coefficient (Wildman–Crippen LogP) is 5.89. The van der Waals surface area contributed by atoms with Gasteiger partial charge in [-0.15, -0.1) is 0 Å². The van der Waals surface area contributed by atoms with Crippen molar-refractivity contribution in [1.82, 2.24) is 0 Å². The topological polar surface area (TPSA) is 0 Å². The lowest BCUT2D eigenvalue weighted by molar-refractivity contribution is 0.663. The van der Waals surface area contributed by atoms with Crippen LogP contribution in [0.3, 0.4) is 0 Å². The quantitative estimate of drug-likeness (QED) is 0.504. The minimum Gasteiger partial charge on any atom is -0.207 e. The highest BCUT2D eigenvalue weighted by molar-refractivity contribution is 5.41. The molecule has 0 fully saturated rings. The fourth-order valence-electron chi connectivity index (χ4n) is 1.43. The van der Waals surface area contributed by atoms with Gasteiger partial charge in [-0.05, 0) is 56.9 Å². The van der Waals surface area contributed by atoms with Crippen LogP contribution in [-0.2, 0) is 0 Å². The Kier molecular flexibility index (Phi) is 8.39. The van der Waals surface area contributed by atoms with Crippen LogP contribution in [0, 0.1) is 0 Å². The molecular formula is C16H25F. The van der Waals surface area contributed by atoms with Gasteiger partial charge in [-0.3, -0.25) is 0 Å². The molecule has 0 spiro atoms. The van der Waals surface area contributed by atoms with Crippen LogP contribution in [0.15, 0.2) is 46.9 Å². The smallest absolute Gasteiger partial charge is 0.123 e. The predicted molar refractivity (Wildman–Crippen MR) is 75.7 cm³/mol. The molecule has 0 aliphatic carbocycles. The zero-order valence-corrected chi connectivity index (χ0v) is 11.8. The zero-order valence-electron chi connectivity index (χ0n) is 11.8. The van der Waals surface area contributed by atoms with Gasteiger partial charge in [-0.1, -0.05) is 38.0 Å². The molecule has 0 aromatic heterocycles. The highest BCUT2D eigenvalue weighted by atomic mass is 19.1. The second-order valence-electron chi connectivity index (χ2n) is 4.29. The van der Waals surface area contributed by atoms with Crippen molar-refractivity contribution < 1.29 is 4.39 Å². The lowest BCUT2D eigenvalue weighted by atomic mass is 10.0. The van der Waals surface area contributed by atoms with Crippen LogP contribution in [0.2, 0.25) is 0 Å². The molecule has 0 nitrogen and oxygen atoms in total. The van der Waals surface area contributed by atoms with E-state index in [0.29, 0.717) is 0 Å². The molecule has 0 saturated carbocycles. The highest BCUT2D eigenvalue weighted by Crippen LogP contribution is 2.17. The van der Waals surface area contributed by atoms with Crippen molar-refractivity contribution in [2.45, 2.75) is 53.9 Å². The Hall–Kier alpha value is -1.11. The molecule has 0 heterocycles. The summed E-state index contributed by atoms with van der Waals surface area (Å²) in [6, 6.07) is 0. The first-order chi connectivity index (χ1) is 8.04. The largest absolute Gasteiger partial charge is 0.207 e. The van der Waals surface area contributed by atoms with Crippen molar-refractivity contribution >= 4 is 0 Å². The van der Waals surface area contributed by atoms with Gasteiger partial charge in [0.25, 0.3) is 0 Å². The Morgan fingerprint density at radius 1 is 1.12 bits per heavy atom. The van der Waals surface area contributed by atoms with Crippen molar-refractivity contribution in [3.63, 3.8) is 0 Å². The van der Waals surface area contributed by atoms with Gasteiger partial charge in [0.05, 0.1) is 0 Å². The van der Waals surface area contributed by atoms with Crippen LogP contribution in [-0.4, -0.2) is 0 Å². The van der Waals surface area contributed by atoms with Crippen LogP contribution < -0.4 is 0 Å². The lowest BCUT2D eigenvalue weighted by Crippen LogP contribution is -1.83. The Balaban J connectivity index is 4.88. The average Bonchev–Trinajstić information content (AvgIpc) is 2.32. The minimum atomic E-state index is -0.165. The average molecular weight is 236 g/mol. The molecule has 0 aromatic rings. The number of rotatable bonds is 6. The van der Waals surface area contributed by atoms with Gasteiger partial charge in [0, 0.05) is 0 Å². The summed E-state index contributed by atoms with van der Waals surface area (Å²) < 4.78 is 13.7. The molecule has 96 valence electrons. The maximum Gasteiger partial charge on any atom is 0.123 e. The van der Waals surface area contributed by atoms with Gasteiger partial charge < -0.3 is 0 Å². The van der Waals surface area contributed by atoms with E-state index < -0.39 is 0 Å². The maximum atomic E-state index is 13.7. The third-order valence-corrected chi connectivity index (χ3v) is 2.74. The van der Waals surface area contributed by atoms with Gasteiger partial charge in [0.2, 0.25) is 0 Å². The van der Waals surface area contributed by atoms with Crippen molar-refractivity contribution in [1.29, 1.82) is 0 Å². The number of halogens is 1. The van der Waals surface area contributed by atoms with Gasteiger partial charge in [0.15, 0.2) is 0 Å². The fraction of sp³-hybridized carbons (Fsp3) is 0.500.